The summed E-state index contributed by atoms with van der Waals surface area (Å²) >= 11 is 4.95. The largest absolute Gasteiger partial charge is 0.396 e. The van der Waals surface area contributed by atoms with Crippen molar-refractivity contribution < 1.29 is 9.90 Å². The fourth-order valence-electron chi connectivity index (χ4n) is 1.44. The monoisotopic (exact) mass is 331 g/mol. The number of carbonyl (C=O) groups excluding carboxylic acids is 1. The highest BCUT2D eigenvalue weighted by atomic mass is 79.9. The molecule has 0 aliphatic heterocycles. The van der Waals surface area contributed by atoms with Crippen molar-refractivity contribution in [2.45, 2.75) is 25.5 Å². The molecule has 1 aromatic rings. The number of nitrogens with one attached hydrogen (secondary N) is 1. The first-order valence-electron chi connectivity index (χ1n) is 5.81. The summed E-state index contributed by atoms with van der Waals surface area (Å²) < 4.78 is 1.00. The number of benzene rings is 1. The predicted molar refractivity (Wildman–Crippen MR) is 81.1 cm³/mol. The number of rotatable bonds is 6. The lowest BCUT2D eigenvalue weighted by molar-refractivity contribution is -0.113. The molecule has 1 amide bonds. The number of hydrogen-bond acceptors (Lipinski definition) is 3. The maximum absolute atomic E-state index is 11.8. The Hall–Kier alpha value is -0.520. The van der Waals surface area contributed by atoms with Crippen molar-refractivity contribution in [3.63, 3.8) is 0 Å². The summed E-state index contributed by atoms with van der Waals surface area (Å²) in [4.78, 5) is 11.8. The summed E-state index contributed by atoms with van der Waals surface area (Å²) in [6.45, 7) is 4.14. The van der Waals surface area contributed by atoms with E-state index in [4.69, 9.17) is 5.11 Å². The van der Waals surface area contributed by atoms with Crippen LogP contribution in [-0.2, 0) is 4.79 Å². The standard InChI is InChI=1S/C13H18BrNO2S/c1-9-7-11(14)3-4-12(9)15-13(17)8-18-10(2)5-6-16/h3-4,7,10,16H,5-6,8H2,1-2H3,(H,15,17). The van der Waals surface area contributed by atoms with Crippen LogP contribution in [0.5, 0.6) is 0 Å². The van der Waals surface area contributed by atoms with Crippen LogP contribution >= 0.6 is 27.7 Å². The second kappa shape index (κ2) is 7.81. The van der Waals surface area contributed by atoms with Crippen molar-refractivity contribution in [1.29, 1.82) is 0 Å². The number of aliphatic hydroxyl groups excluding tert-OH is 1. The Bertz CT molecular complexity index is 412. The molecule has 5 heteroatoms. The molecule has 0 fully saturated rings. The van der Waals surface area contributed by atoms with Crippen LogP contribution in [0.2, 0.25) is 0 Å². The van der Waals surface area contributed by atoms with E-state index in [1.54, 1.807) is 11.8 Å². The van der Waals surface area contributed by atoms with Crippen molar-refractivity contribution in [1.82, 2.24) is 0 Å². The van der Waals surface area contributed by atoms with Crippen LogP contribution < -0.4 is 5.32 Å². The number of aliphatic hydroxyl groups is 1. The summed E-state index contributed by atoms with van der Waals surface area (Å²) in [5.74, 6) is 0.409. The van der Waals surface area contributed by atoms with Crippen molar-refractivity contribution in [2.24, 2.45) is 0 Å². The van der Waals surface area contributed by atoms with E-state index in [2.05, 4.69) is 21.2 Å². The number of thioether (sulfide) groups is 1. The van der Waals surface area contributed by atoms with Gasteiger partial charge >= 0.3 is 0 Å². The summed E-state index contributed by atoms with van der Waals surface area (Å²) in [6, 6.07) is 5.76. The molecule has 0 saturated heterocycles. The molecule has 100 valence electrons. The quantitative estimate of drug-likeness (QED) is 0.841. The second-order valence-electron chi connectivity index (χ2n) is 4.14. The molecular formula is C13H18BrNO2S. The van der Waals surface area contributed by atoms with Crippen molar-refractivity contribution in [3.8, 4) is 0 Å². The van der Waals surface area contributed by atoms with Gasteiger partial charge in [0.2, 0.25) is 5.91 Å². The van der Waals surface area contributed by atoms with Gasteiger partial charge < -0.3 is 10.4 Å². The molecule has 0 spiro atoms. The lowest BCUT2D eigenvalue weighted by Gasteiger charge is -2.11. The fourth-order valence-corrected chi connectivity index (χ4v) is 2.69. The minimum atomic E-state index is -0.00443. The Labute approximate surface area is 120 Å². The number of hydrogen-bond donors (Lipinski definition) is 2. The molecule has 0 bridgehead atoms. The van der Waals surface area contributed by atoms with Crippen molar-refractivity contribution >= 4 is 39.3 Å². The third-order valence-electron chi connectivity index (χ3n) is 2.50. The van der Waals surface area contributed by atoms with E-state index >= 15 is 0 Å². The zero-order chi connectivity index (χ0) is 13.5. The molecule has 18 heavy (non-hydrogen) atoms. The van der Waals surface area contributed by atoms with E-state index in [0.29, 0.717) is 11.0 Å². The zero-order valence-electron chi connectivity index (χ0n) is 10.6. The Morgan fingerprint density at radius 2 is 2.28 bits per heavy atom. The van der Waals surface area contributed by atoms with Gasteiger partial charge in [0.15, 0.2) is 0 Å². The van der Waals surface area contributed by atoms with Gasteiger partial charge in [0.25, 0.3) is 0 Å². The fraction of sp³-hybridized carbons (Fsp3) is 0.462. The Morgan fingerprint density at radius 3 is 2.89 bits per heavy atom. The third kappa shape index (κ3) is 5.42. The lowest BCUT2D eigenvalue weighted by Crippen LogP contribution is -2.16. The van der Waals surface area contributed by atoms with Crippen LogP contribution in [0, 0.1) is 6.92 Å². The van der Waals surface area contributed by atoms with Crippen LogP contribution in [0.4, 0.5) is 5.69 Å². The second-order valence-corrected chi connectivity index (χ2v) is 6.48. The van der Waals surface area contributed by atoms with Gasteiger partial charge in [0.05, 0.1) is 5.75 Å². The number of carbonyl (C=O) groups is 1. The summed E-state index contributed by atoms with van der Waals surface area (Å²) in [6.07, 6.45) is 0.718. The van der Waals surface area contributed by atoms with Crippen LogP contribution in [0.15, 0.2) is 22.7 Å². The van der Waals surface area contributed by atoms with Gasteiger partial charge in [-0.3, -0.25) is 4.79 Å². The van der Waals surface area contributed by atoms with Gasteiger partial charge in [-0.2, -0.15) is 0 Å². The third-order valence-corrected chi connectivity index (χ3v) is 4.22. The van der Waals surface area contributed by atoms with E-state index in [0.717, 1.165) is 22.1 Å². The normalized spacial score (nSPS) is 12.2. The summed E-state index contributed by atoms with van der Waals surface area (Å²) in [5.41, 5.74) is 1.88. The molecule has 1 atom stereocenters. The number of halogens is 1. The van der Waals surface area contributed by atoms with E-state index in [-0.39, 0.29) is 12.5 Å². The van der Waals surface area contributed by atoms with Gasteiger partial charge in [-0.25, -0.2) is 0 Å². The summed E-state index contributed by atoms with van der Waals surface area (Å²) in [7, 11) is 0. The Morgan fingerprint density at radius 1 is 1.56 bits per heavy atom. The van der Waals surface area contributed by atoms with Gasteiger partial charge in [0.1, 0.15) is 0 Å². The van der Waals surface area contributed by atoms with E-state index in [9.17, 15) is 4.79 Å². The molecule has 0 saturated carbocycles. The first-order valence-corrected chi connectivity index (χ1v) is 7.65. The van der Waals surface area contributed by atoms with Gasteiger partial charge in [-0.1, -0.05) is 22.9 Å². The molecule has 0 radical (unpaired) electrons. The topological polar surface area (TPSA) is 49.3 Å². The van der Waals surface area contributed by atoms with E-state index < -0.39 is 0 Å². The van der Waals surface area contributed by atoms with Gasteiger partial charge in [0, 0.05) is 22.0 Å². The Balaban J connectivity index is 2.44. The smallest absolute Gasteiger partial charge is 0.234 e. The minimum absolute atomic E-state index is 0.00443. The molecule has 3 nitrogen and oxygen atoms in total. The minimum Gasteiger partial charge on any atom is -0.396 e. The average Bonchev–Trinajstić information content (AvgIpc) is 2.31. The van der Waals surface area contributed by atoms with Crippen molar-refractivity contribution in [3.05, 3.63) is 28.2 Å². The molecule has 1 aromatic carbocycles. The van der Waals surface area contributed by atoms with Crippen LogP contribution in [0.25, 0.3) is 0 Å². The van der Waals surface area contributed by atoms with Crippen LogP contribution in [0.1, 0.15) is 18.9 Å². The predicted octanol–water partition coefficient (Wildman–Crippen LogP) is 3.20. The molecule has 0 heterocycles. The maximum atomic E-state index is 11.8. The zero-order valence-corrected chi connectivity index (χ0v) is 13.0. The Kier molecular flexibility index (Phi) is 6.75. The summed E-state index contributed by atoms with van der Waals surface area (Å²) in [5, 5.41) is 12.0. The van der Waals surface area contributed by atoms with Gasteiger partial charge in [-0.15, -0.1) is 11.8 Å². The number of aryl methyl sites for hydroxylation is 1. The van der Waals surface area contributed by atoms with E-state index in [1.807, 2.05) is 32.0 Å². The number of amides is 1. The van der Waals surface area contributed by atoms with Crippen molar-refractivity contribution in [2.75, 3.05) is 17.7 Å². The first-order chi connectivity index (χ1) is 8.52. The maximum Gasteiger partial charge on any atom is 0.234 e. The average molecular weight is 332 g/mol. The number of anilines is 1. The molecular weight excluding hydrogens is 314 g/mol. The van der Waals surface area contributed by atoms with Crippen LogP contribution in [-0.4, -0.2) is 28.6 Å². The molecule has 1 unspecified atom stereocenters. The molecule has 1 rings (SSSR count). The molecule has 0 aliphatic rings. The van der Waals surface area contributed by atoms with Gasteiger partial charge in [-0.05, 0) is 37.1 Å². The molecule has 0 aromatic heterocycles. The molecule has 2 N–H and O–H groups in total. The van der Waals surface area contributed by atoms with Crippen LogP contribution in [0.3, 0.4) is 0 Å². The highest BCUT2D eigenvalue weighted by Gasteiger charge is 2.08. The highest BCUT2D eigenvalue weighted by Crippen LogP contribution is 2.20. The SMILES string of the molecule is Cc1cc(Br)ccc1NC(=O)CSC(C)CCO. The highest BCUT2D eigenvalue weighted by molar-refractivity contribution is 9.10. The molecule has 0 aliphatic carbocycles. The lowest BCUT2D eigenvalue weighted by atomic mass is 10.2. The van der Waals surface area contributed by atoms with E-state index in [1.165, 1.54) is 0 Å². The first kappa shape index (κ1) is 15.5.